The standard InChI is InChI=1S/C15H26N4OS.ClH/c1-15(2,3)14-17-12(11-21-14)10-18-5-7-19(8-6-18)13(20)9-16-4;/h11,16H,5-10H2,1-4H3;1H. The first-order valence-electron chi connectivity index (χ1n) is 7.50. The van der Waals surface area contributed by atoms with Gasteiger partial charge in [-0.1, -0.05) is 20.8 Å². The van der Waals surface area contributed by atoms with E-state index in [1.807, 2.05) is 11.9 Å². The number of hydrogen-bond donors (Lipinski definition) is 1. The molecule has 0 spiro atoms. The molecular weight excluding hydrogens is 320 g/mol. The number of rotatable bonds is 4. The maximum absolute atomic E-state index is 11.8. The Morgan fingerprint density at radius 3 is 2.45 bits per heavy atom. The minimum absolute atomic E-state index is 0. The van der Waals surface area contributed by atoms with Gasteiger partial charge in [0, 0.05) is 43.5 Å². The number of aromatic nitrogens is 1. The molecule has 0 bridgehead atoms. The fourth-order valence-corrected chi connectivity index (χ4v) is 3.27. The zero-order valence-corrected chi connectivity index (χ0v) is 15.5. The summed E-state index contributed by atoms with van der Waals surface area (Å²) in [6.07, 6.45) is 0. The molecule has 0 saturated carbocycles. The van der Waals surface area contributed by atoms with Crippen molar-refractivity contribution in [3.05, 3.63) is 16.1 Å². The van der Waals surface area contributed by atoms with Crippen LogP contribution in [0, 0.1) is 0 Å². The number of carbonyl (C=O) groups is 1. The Morgan fingerprint density at radius 1 is 1.32 bits per heavy atom. The Morgan fingerprint density at radius 2 is 1.95 bits per heavy atom. The SMILES string of the molecule is CNCC(=O)N1CCN(Cc2csc(C(C)(C)C)n2)CC1.Cl. The van der Waals surface area contributed by atoms with E-state index in [1.54, 1.807) is 11.3 Å². The molecule has 0 radical (unpaired) electrons. The molecular formula is C15H27ClN4OS. The maximum atomic E-state index is 11.8. The van der Waals surface area contributed by atoms with E-state index >= 15 is 0 Å². The Labute approximate surface area is 143 Å². The van der Waals surface area contributed by atoms with Gasteiger partial charge in [0.25, 0.3) is 0 Å². The second kappa shape index (κ2) is 8.24. The molecule has 0 atom stereocenters. The summed E-state index contributed by atoms with van der Waals surface area (Å²) in [5, 5.41) is 6.28. The van der Waals surface area contributed by atoms with Gasteiger partial charge in [-0.15, -0.1) is 23.7 Å². The smallest absolute Gasteiger partial charge is 0.236 e. The van der Waals surface area contributed by atoms with Crippen molar-refractivity contribution in [3.63, 3.8) is 0 Å². The third kappa shape index (κ3) is 5.19. The van der Waals surface area contributed by atoms with E-state index in [1.165, 1.54) is 5.01 Å². The van der Waals surface area contributed by atoms with Crippen molar-refractivity contribution in [3.8, 4) is 0 Å². The van der Waals surface area contributed by atoms with Gasteiger partial charge < -0.3 is 10.2 Å². The first-order chi connectivity index (χ1) is 9.90. The number of amides is 1. The van der Waals surface area contributed by atoms with Crippen LogP contribution in [0.3, 0.4) is 0 Å². The normalized spacial score (nSPS) is 16.5. The van der Waals surface area contributed by atoms with Crippen molar-refractivity contribution in [1.29, 1.82) is 0 Å². The Bertz CT molecular complexity index is 478. The molecule has 1 aliphatic rings. The molecule has 1 N–H and O–H groups in total. The van der Waals surface area contributed by atoms with Crippen molar-refractivity contribution >= 4 is 29.7 Å². The van der Waals surface area contributed by atoms with Gasteiger partial charge in [-0.2, -0.15) is 0 Å². The predicted octanol–water partition coefficient (Wildman–Crippen LogP) is 1.73. The van der Waals surface area contributed by atoms with E-state index in [0.717, 1.165) is 38.4 Å². The van der Waals surface area contributed by atoms with Crippen LogP contribution in [0.5, 0.6) is 0 Å². The van der Waals surface area contributed by atoms with Crippen LogP contribution in [0.25, 0.3) is 0 Å². The average Bonchev–Trinajstić information content (AvgIpc) is 2.88. The van der Waals surface area contributed by atoms with E-state index < -0.39 is 0 Å². The van der Waals surface area contributed by atoms with E-state index in [4.69, 9.17) is 4.98 Å². The number of thiazole rings is 1. The van der Waals surface area contributed by atoms with E-state index in [9.17, 15) is 4.79 Å². The summed E-state index contributed by atoms with van der Waals surface area (Å²) in [5.41, 5.74) is 1.28. The molecule has 1 aromatic heterocycles. The highest BCUT2D eigenvalue weighted by molar-refractivity contribution is 7.09. The lowest BCUT2D eigenvalue weighted by molar-refractivity contribution is -0.131. The summed E-state index contributed by atoms with van der Waals surface area (Å²) in [5.74, 6) is 0.195. The average molecular weight is 347 g/mol. The van der Waals surface area contributed by atoms with Gasteiger partial charge in [0.1, 0.15) is 0 Å². The van der Waals surface area contributed by atoms with Crippen LogP contribution in [0.2, 0.25) is 0 Å². The Hall–Kier alpha value is -0.690. The lowest BCUT2D eigenvalue weighted by Gasteiger charge is -2.34. The van der Waals surface area contributed by atoms with Gasteiger partial charge >= 0.3 is 0 Å². The zero-order valence-electron chi connectivity index (χ0n) is 13.9. The molecule has 2 rings (SSSR count). The van der Waals surface area contributed by atoms with Gasteiger partial charge in [0.05, 0.1) is 17.2 Å². The highest BCUT2D eigenvalue weighted by atomic mass is 35.5. The third-order valence-electron chi connectivity index (χ3n) is 3.63. The lowest BCUT2D eigenvalue weighted by atomic mass is 9.98. The second-order valence-corrected chi connectivity index (χ2v) is 7.44. The lowest BCUT2D eigenvalue weighted by Crippen LogP contribution is -2.50. The van der Waals surface area contributed by atoms with Crippen LogP contribution in [0.1, 0.15) is 31.5 Å². The molecule has 1 amide bonds. The van der Waals surface area contributed by atoms with Crippen LogP contribution in [0.4, 0.5) is 0 Å². The maximum Gasteiger partial charge on any atom is 0.236 e. The summed E-state index contributed by atoms with van der Waals surface area (Å²) in [7, 11) is 1.81. The fourth-order valence-electron chi connectivity index (χ4n) is 2.37. The van der Waals surface area contributed by atoms with Gasteiger partial charge in [-0.3, -0.25) is 9.69 Å². The fraction of sp³-hybridized carbons (Fsp3) is 0.733. The quantitative estimate of drug-likeness (QED) is 0.902. The number of hydrogen-bond acceptors (Lipinski definition) is 5. The number of halogens is 1. The molecule has 0 aliphatic carbocycles. The third-order valence-corrected chi connectivity index (χ3v) is 4.95. The van der Waals surface area contributed by atoms with Crippen LogP contribution in [-0.4, -0.2) is 60.5 Å². The summed E-state index contributed by atoms with van der Waals surface area (Å²) < 4.78 is 0. The van der Waals surface area contributed by atoms with Gasteiger partial charge in [-0.25, -0.2) is 4.98 Å². The van der Waals surface area contributed by atoms with Crippen molar-refractivity contribution in [1.82, 2.24) is 20.1 Å². The summed E-state index contributed by atoms with van der Waals surface area (Å²) in [6.45, 7) is 11.4. The van der Waals surface area contributed by atoms with Crippen LogP contribution in [-0.2, 0) is 16.8 Å². The van der Waals surface area contributed by atoms with Crippen molar-refractivity contribution in [2.45, 2.75) is 32.7 Å². The molecule has 1 saturated heterocycles. The minimum Gasteiger partial charge on any atom is -0.339 e. The molecule has 5 nitrogen and oxygen atoms in total. The number of piperazine rings is 1. The molecule has 7 heteroatoms. The van der Waals surface area contributed by atoms with Gasteiger partial charge in [-0.05, 0) is 7.05 Å². The Balaban J connectivity index is 0.00000242. The van der Waals surface area contributed by atoms with Crippen LogP contribution < -0.4 is 5.32 Å². The van der Waals surface area contributed by atoms with Crippen LogP contribution >= 0.6 is 23.7 Å². The second-order valence-electron chi connectivity index (χ2n) is 6.58. The topological polar surface area (TPSA) is 48.5 Å². The number of nitrogens with zero attached hydrogens (tertiary/aromatic N) is 3. The number of likely N-dealkylation sites (N-methyl/N-ethyl adjacent to an activating group) is 1. The van der Waals surface area contributed by atoms with Gasteiger partial charge in [0.2, 0.25) is 5.91 Å². The van der Waals surface area contributed by atoms with Gasteiger partial charge in [0.15, 0.2) is 0 Å². The van der Waals surface area contributed by atoms with Crippen molar-refractivity contribution in [2.75, 3.05) is 39.8 Å². The van der Waals surface area contributed by atoms with Crippen LogP contribution in [0.15, 0.2) is 5.38 Å². The molecule has 1 aliphatic heterocycles. The van der Waals surface area contributed by atoms with E-state index in [2.05, 4.69) is 36.4 Å². The molecule has 1 aromatic rings. The number of nitrogens with one attached hydrogen (secondary N) is 1. The first-order valence-corrected chi connectivity index (χ1v) is 8.37. The molecule has 126 valence electrons. The molecule has 0 unspecified atom stereocenters. The van der Waals surface area contributed by atoms with Crippen molar-refractivity contribution in [2.24, 2.45) is 0 Å². The van der Waals surface area contributed by atoms with E-state index in [-0.39, 0.29) is 23.7 Å². The molecule has 0 aromatic carbocycles. The predicted molar refractivity (Wildman–Crippen MR) is 93.8 cm³/mol. The molecule has 22 heavy (non-hydrogen) atoms. The number of carbonyl (C=O) groups excluding carboxylic acids is 1. The largest absolute Gasteiger partial charge is 0.339 e. The summed E-state index contributed by atoms with van der Waals surface area (Å²) in [4.78, 5) is 20.9. The minimum atomic E-state index is 0. The molecule has 2 heterocycles. The first kappa shape index (κ1) is 19.4. The molecule has 1 fully saturated rings. The Kier molecular flexibility index (Phi) is 7.25. The monoisotopic (exact) mass is 346 g/mol. The highest BCUT2D eigenvalue weighted by Crippen LogP contribution is 2.26. The summed E-state index contributed by atoms with van der Waals surface area (Å²) >= 11 is 1.75. The highest BCUT2D eigenvalue weighted by Gasteiger charge is 2.22. The summed E-state index contributed by atoms with van der Waals surface area (Å²) in [6, 6.07) is 0. The van der Waals surface area contributed by atoms with Crippen molar-refractivity contribution < 1.29 is 4.79 Å². The van der Waals surface area contributed by atoms with E-state index in [0.29, 0.717) is 6.54 Å². The zero-order chi connectivity index (χ0) is 15.5.